The summed E-state index contributed by atoms with van der Waals surface area (Å²) in [6.07, 6.45) is 0. The van der Waals surface area contributed by atoms with E-state index in [1.165, 1.54) is 22.7 Å². The van der Waals surface area contributed by atoms with Gasteiger partial charge in [0, 0.05) is 23.4 Å². The van der Waals surface area contributed by atoms with E-state index in [0.29, 0.717) is 8.68 Å². The number of sulfonamides is 1. The molecule has 1 rings (SSSR count). The van der Waals surface area contributed by atoms with Gasteiger partial charge in [-0.3, -0.25) is 0 Å². The van der Waals surface area contributed by atoms with Crippen molar-refractivity contribution in [3.05, 3.63) is 15.9 Å². The third kappa shape index (κ3) is 2.74. The SMILES string of the molecule is CC(CCl)N(C)S(=O)(=O)c1sccc1Br. The van der Waals surface area contributed by atoms with E-state index in [4.69, 9.17) is 11.6 Å². The summed E-state index contributed by atoms with van der Waals surface area (Å²) in [6.45, 7) is 1.77. The number of nitrogens with zero attached hydrogens (tertiary/aromatic N) is 1. The highest BCUT2D eigenvalue weighted by atomic mass is 79.9. The van der Waals surface area contributed by atoms with Crippen molar-refractivity contribution < 1.29 is 8.42 Å². The molecule has 0 aliphatic carbocycles. The Balaban J connectivity index is 3.09. The van der Waals surface area contributed by atoms with Crippen molar-refractivity contribution in [2.24, 2.45) is 0 Å². The van der Waals surface area contributed by atoms with Gasteiger partial charge in [-0.25, -0.2) is 8.42 Å². The summed E-state index contributed by atoms with van der Waals surface area (Å²) in [5, 5.41) is 1.73. The molecule has 1 atom stereocenters. The fourth-order valence-corrected chi connectivity index (χ4v) is 5.06. The normalized spacial score (nSPS) is 14.5. The van der Waals surface area contributed by atoms with Crippen LogP contribution in [0.3, 0.4) is 0 Å². The molecule has 0 amide bonds. The first-order chi connectivity index (χ1) is 6.91. The third-order valence-corrected chi connectivity index (χ3v) is 7.11. The van der Waals surface area contributed by atoms with Crippen molar-refractivity contribution in [3.8, 4) is 0 Å². The van der Waals surface area contributed by atoms with E-state index < -0.39 is 10.0 Å². The van der Waals surface area contributed by atoms with Gasteiger partial charge in [-0.05, 0) is 34.3 Å². The first kappa shape index (κ1) is 13.4. The van der Waals surface area contributed by atoms with Crippen LogP contribution in [0.4, 0.5) is 0 Å². The van der Waals surface area contributed by atoms with Crippen LogP contribution in [0.5, 0.6) is 0 Å². The lowest BCUT2D eigenvalue weighted by Crippen LogP contribution is -2.35. The molecule has 1 unspecified atom stereocenters. The number of halogens is 2. The summed E-state index contributed by atoms with van der Waals surface area (Å²) in [5.41, 5.74) is 0. The molecule has 0 aliphatic heterocycles. The fourth-order valence-electron chi connectivity index (χ4n) is 0.929. The lowest BCUT2D eigenvalue weighted by Gasteiger charge is -2.21. The van der Waals surface area contributed by atoms with Crippen LogP contribution < -0.4 is 0 Å². The Morgan fingerprint density at radius 3 is 2.67 bits per heavy atom. The van der Waals surface area contributed by atoms with Gasteiger partial charge in [0.2, 0.25) is 0 Å². The molecular formula is C8H11BrClNO2S2. The van der Waals surface area contributed by atoms with E-state index in [0.717, 1.165) is 0 Å². The van der Waals surface area contributed by atoms with Crippen LogP contribution >= 0.6 is 38.9 Å². The van der Waals surface area contributed by atoms with Crippen LogP contribution in [-0.4, -0.2) is 31.7 Å². The highest BCUT2D eigenvalue weighted by Crippen LogP contribution is 2.30. The smallest absolute Gasteiger partial charge is 0.206 e. The van der Waals surface area contributed by atoms with E-state index in [-0.39, 0.29) is 11.9 Å². The fraction of sp³-hybridized carbons (Fsp3) is 0.500. The third-order valence-electron chi connectivity index (χ3n) is 2.04. The van der Waals surface area contributed by atoms with Gasteiger partial charge in [0.15, 0.2) is 0 Å². The Kier molecular flexibility index (Phi) is 4.61. The van der Waals surface area contributed by atoms with Crippen LogP contribution in [0.25, 0.3) is 0 Å². The minimum atomic E-state index is -3.42. The van der Waals surface area contributed by atoms with Gasteiger partial charge < -0.3 is 0 Å². The second kappa shape index (κ2) is 5.14. The summed E-state index contributed by atoms with van der Waals surface area (Å²) >= 11 is 10.0. The molecule has 0 fully saturated rings. The van der Waals surface area contributed by atoms with Crippen LogP contribution in [0, 0.1) is 0 Å². The zero-order valence-corrected chi connectivity index (χ0v) is 12.3. The van der Waals surface area contributed by atoms with Gasteiger partial charge >= 0.3 is 0 Å². The number of alkyl halides is 1. The molecule has 86 valence electrons. The molecule has 0 saturated heterocycles. The molecule has 0 aromatic carbocycles. The number of rotatable bonds is 4. The second-order valence-electron chi connectivity index (χ2n) is 3.08. The number of hydrogen-bond donors (Lipinski definition) is 0. The second-order valence-corrected chi connectivity index (χ2v) is 7.35. The molecule has 0 bridgehead atoms. The standard InChI is InChI=1S/C8H11BrClNO2S2/c1-6(5-10)11(2)15(12,13)8-7(9)3-4-14-8/h3-4,6H,5H2,1-2H3. The Labute approximate surface area is 107 Å². The van der Waals surface area contributed by atoms with Crippen LogP contribution in [0.1, 0.15) is 6.92 Å². The Morgan fingerprint density at radius 2 is 2.27 bits per heavy atom. The Hall–Kier alpha value is 0.380. The largest absolute Gasteiger partial charge is 0.253 e. The van der Waals surface area contributed by atoms with Gasteiger partial charge in [0.25, 0.3) is 10.0 Å². The summed E-state index contributed by atoms with van der Waals surface area (Å²) < 4.78 is 26.3. The minimum absolute atomic E-state index is 0.217. The van der Waals surface area contributed by atoms with Gasteiger partial charge in [-0.1, -0.05) is 0 Å². The highest BCUT2D eigenvalue weighted by Gasteiger charge is 2.27. The minimum Gasteiger partial charge on any atom is -0.206 e. The van der Waals surface area contributed by atoms with Gasteiger partial charge in [-0.15, -0.1) is 22.9 Å². The molecule has 0 aliphatic rings. The van der Waals surface area contributed by atoms with Crippen molar-refractivity contribution in [3.63, 3.8) is 0 Å². The van der Waals surface area contributed by atoms with Gasteiger partial charge in [0.05, 0.1) is 0 Å². The molecule has 0 spiro atoms. The first-order valence-corrected chi connectivity index (χ1v) is 7.83. The molecule has 1 aromatic heterocycles. The van der Waals surface area contributed by atoms with Crippen molar-refractivity contribution >= 4 is 48.9 Å². The molecule has 0 radical (unpaired) electrons. The highest BCUT2D eigenvalue weighted by molar-refractivity contribution is 9.10. The predicted octanol–water partition coefficient (Wildman–Crippen LogP) is 2.76. The van der Waals surface area contributed by atoms with E-state index in [1.807, 2.05) is 0 Å². The maximum absolute atomic E-state index is 12.1. The Bertz CT molecular complexity index is 432. The molecule has 3 nitrogen and oxygen atoms in total. The van der Waals surface area contributed by atoms with E-state index in [9.17, 15) is 8.42 Å². The zero-order chi connectivity index (χ0) is 11.6. The molecule has 1 heterocycles. The van der Waals surface area contributed by atoms with Crippen LogP contribution in [0.15, 0.2) is 20.1 Å². The van der Waals surface area contributed by atoms with E-state index >= 15 is 0 Å². The molecule has 0 saturated carbocycles. The number of hydrogen-bond acceptors (Lipinski definition) is 3. The average molecular weight is 333 g/mol. The van der Waals surface area contributed by atoms with Crippen molar-refractivity contribution in [1.82, 2.24) is 4.31 Å². The van der Waals surface area contributed by atoms with E-state index in [1.54, 1.807) is 18.4 Å². The molecular weight excluding hydrogens is 322 g/mol. The van der Waals surface area contributed by atoms with Crippen LogP contribution in [0.2, 0.25) is 0 Å². The van der Waals surface area contributed by atoms with Crippen LogP contribution in [-0.2, 0) is 10.0 Å². The lowest BCUT2D eigenvalue weighted by molar-refractivity contribution is 0.414. The topological polar surface area (TPSA) is 37.4 Å². The van der Waals surface area contributed by atoms with Gasteiger partial charge in [0.1, 0.15) is 4.21 Å². The average Bonchev–Trinajstić information content (AvgIpc) is 2.62. The van der Waals surface area contributed by atoms with Crippen molar-refractivity contribution in [2.75, 3.05) is 12.9 Å². The van der Waals surface area contributed by atoms with E-state index in [2.05, 4.69) is 15.9 Å². The summed E-state index contributed by atoms with van der Waals surface area (Å²) in [6, 6.07) is 1.50. The number of thiophene rings is 1. The Morgan fingerprint density at radius 1 is 1.67 bits per heavy atom. The lowest BCUT2D eigenvalue weighted by atomic mass is 10.4. The maximum atomic E-state index is 12.1. The molecule has 0 N–H and O–H groups in total. The molecule has 7 heteroatoms. The molecule has 15 heavy (non-hydrogen) atoms. The summed E-state index contributed by atoms with van der Waals surface area (Å²) in [5.74, 6) is 0.277. The molecule has 1 aromatic rings. The summed E-state index contributed by atoms with van der Waals surface area (Å²) in [7, 11) is -1.88. The predicted molar refractivity (Wildman–Crippen MR) is 67.1 cm³/mol. The van der Waals surface area contributed by atoms with Crippen molar-refractivity contribution in [1.29, 1.82) is 0 Å². The van der Waals surface area contributed by atoms with Gasteiger partial charge in [-0.2, -0.15) is 4.31 Å². The zero-order valence-electron chi connectivity index (χ0n) is 8.28. The summed E-state index contributed by atoms with van der Waals surface area (Å²) in [4.78, 5) is 0. The monoisotopic (exact) mass is 331 g/mol. The quantitative estimate of drug-likeness (QED) is 0.795. The first-order valence-electron chi connectivity index (χ1n) is 4.18. The maximum Gasteiger partial charge on any atom is 0.253 e. The van der Waals surface area contributed by atoms with Crippen molar-refractivity contribution in [2.45, 2.75) is 17.2 Å².